The van der Waals surface area contributed by atoms with Crippen molar-refractivity contribution in [2.24, 2.45) is 17.3 Å². The summed E-state index contributed by atoms with van der Waals surface area (Å²) >= 11 is 0. The molecule has 2 unspecified atom stereocenters. The molecule has 0 radical (unpaired) electrons. The minimum atomic E-state index is -0.169. The molecule has 1 fully saturated rings. The number of rotatable bonds is 5. The largest absolute Gasteiger partial charge is 0.466 e. The van der Waals surface area contributed by atoms with Crippen LogP contribution in [0.25, 0.3) is 5.57 Å². The van der Waals surface area contributed by atoms with Crippen LogP contribution in [0.15, 0.2) is 36.4 Å². The van der Waals surface area contributed by atoms with Crippen molar-refractivity contribution in [2.75, 3.05) is 6.61 Å². The second kappa shape index (κ2) is 5.61. The summed E-state index contributed by atoms with van der Waals surface area (Å²) in [5, 5.41) is 0. The number of carbonyl (C=O) groups excluding carboxylic acids is 2. The molecule has 1 aliphatic carbocycles. The third-order valence-corrected chi connectivity index (χ3v) is 4.04. The maximum atomic E-state index is 11.9. The molecule has 0 N–H and O–H groups in total. The van der Waals surface area contributed by atoms with Crippen LogP contribution in [0.3, 0.4) is 0 Å². The molecular weight excluding hydrogens is 252 g/mol. The van der Waals surface area contributed by atoms with Crippen molar-refractivity contribution in [3.8, 4) is 0 Å². The molecule has 3 heteroatoms. The first kappa shape index (κ1) is 14.5. The summed E-state index contributed by atoms with van der Waals surface area (Å²) in [6.07, 6.45) is 2.76. The lowest BCUT2D eigenvalue weighted by Gasteiger charge is -2.01. The van der Waals surface area contributed by atoms with Gasteiger partial charge in [0.05, 0.1) is 12.5 Å². The molecule has 0 bridgehead atoms. The molecule has 3 nitrogen and oxygen atoms in total. The molecule has 106 valence electrons. The van der Waals surface area contributed by atoms with Crippen molar-refractivity contribution >= 4 is 17.8 Å². The Labute approximate surface area is 119 Å². The molecule has 0 spiro atoms. The molecule has 2 atom stereocenters. The number of benzene rings is 1. The van der Waals surface area contributed by atoms with Crippen LogP contribution in [0.4, 0.5) is 0 Å². The van der Waals surface area contributed by atoms with Crippen molar-refractivity contribution in [3.05, 3.63) is 42.0 Å². The van der Waals surface area contributed by atoms with Gasteiger partial charge in [0.1, 0.15) is 6.29 Å². The van der Waals surface area contributed by atoms with Crippen LogP contribution in [0.1, 0.15) is 26.3 Å². The maximum absolute atomic E-state index is 11.9. The zero-order valence-electron chi connectivity index (χ0n) is 12.1. The number of allylic oxidation sites excluding steroid dienone is 2. The fourth-order valence-electron chi connectivity index (χ4n) is 2.70. The molecule has 0 aromatic heterocycles. The van der Waals surface area contributed by atoms with E-state index in [4.69, 9.17) is 4.74 Å². The first-order valence-corrected chi connectivity index (χ1v) is 6.91. The Morgan fingerprint density at radius 2 is 1.95 bits per heavy atom. The summed E-state index contributed by atoms with van der Waals surface area (Å²) in [6.45, 7) is 6.26. The SMILES string of the molecule is CCOC(=O)C1C(/C=C(\C=O)c2ccccc2)C1(C)C. The number of ether oxygens (including phenoxy) is 1. The molecule has 1 saturated carbocycles. The first-order chi connectivity index (χ1) is 9.52. The van der Waals surface area contributed by atoms with Gasteiger partial charge in [-0.15, -0.1) is 0 Å². The van der Waals surface area contributed by atoms with Gasteiger partial charge in [-0.25, -0.2) is 0 Å². The molecule has 0 aliphatic heterocycles. The van der Waals surface area contributed by atoms with Crippen LogP contribution in [0.2, 0.25) is 0 Å². The van der Waals surface area contributed by atoms with E-state index < -0.39 is 0 Å². The number of esters is 1. The van der Waals surface area contributed by atoms with E-state index in [1.54, 1.807) is 6.92 Å². The Hall–Kier alpha value is -1.90. The molecule has 1 aromatic carbocycles. The Morgan fingerprint density at radius 3 is 2.50 bits per heavy atom. The molecule has 1 aliphatic rings. The van der Waals surface area contributed by atoms with Gasteiger partial charge >= 0.3 is 5.97 Å². The fraction of sp³-hybridized carbons (Fsp3) is 0.412. The van der Waals surface area contributed by atoms with Crippen molar-refractivity contribution in [2.45, 2.75) is 20.8 Å². The quantitative estimate of drug-likeness (QED) is 0.470. The molecule has 0 amide bonds. The molecule has 20 heavy (non-hydrogen) atoms. The first-order valence-electron chi connectivity index (χ1n) is 6.91. The third-order valence-electron chi connectivity index (χ3n) is 4.04. The summed E-state index contributed by atoms with van der Waals surface area (Å²) in [4.78, 5) is 23.2. The summed E-state index contributed by atoms with van der Waals surface area (Å²) in [7, 11) is 0. The normalized spacial score (nSPS) is 24.1. The van der Waals surface area contributed by atoms with Crippen molar-refractivity contribution in [1.82, 2.24) is 0 Å². The molecular formula is C17H20O3. The standard InChI is InChI=1S/C17H20O3/c1-4-20-16(19)15-14(17(15,2)3)10-13(11-18)12-8-6-5-7-9-12/h5-11,14-15H,4H2,1-3H3/b13-10+. The van der Waals surface area contributed by atoms with E-state index in [-0.39, 0.29) is 23.2 Å². The number of carbonyl (C=O) groups is 2. The molecule has 0 heterocycles. The van der Waals surface area contributed by atoms with Gasteiger partial charge < -0.3 is 4.74 Å². The maximum Gasteiger partial charge on any atom is 0.310 e. The van der Waals surface area contributed by atoms with Crippen molar-refractivity contribution in [1.29, 1.82) is 0 Å². The highest BCUT2D eigenvalue weighted by Crippen LogP contribution is 2.60. The van der Waals surface area contributed by atoms with E-state index in [2.05, 4.69) is 0 Å². The smallest absolute Gasteiger partial charge is 0.310 e. The Balaban J connectivity index is 2.22. The monoisotopic (exact) mass is 272 g/mol. The summed E-state index contributed by atoms with van der Waals surface area (Å²) < 4.78 is 5.10. The minimum Gasteiger partial charge on any atom is -0.466 e. The molecule has 1 aromatic rings. The Morgan fingerprint density at radius 1 is 1.30 bits per heavy atom. The second-order valence-electron chi connectivity index (χ2n) is 5.68. The van der Waals surface area contributed by atoms with E-state index in [1.165, 1.54) is 0 Å². The van der Waals surface area contributed by atoms with Crippen LogP contribution >= 0.6 is 0 Å². The van der Waals surface area contributed by atoms with Crippen LogP contribution in [0.5, 0.6) is 0 Å². The van der Waals surface area contributed by atoms with Crippen molar-refractivity contribution in [3.63, 3.8) is 0 Å². The fourth-order valence-corrected chi connectivity index (χ4v) is 2.70. The minimum absolute atomic E-state index is 0.0574. The van der Waals surface area contributed by atoms with Crippen LogP contribution in [-0.4, -0.2) is 18.9 Å². The highest BCUT2D eigenvalue weighted by atomic mass is 16.5. The lowest BCUT2D eigenvalue weighted by Crippen LogP contribution is -2.10. The summed E-state index contributed by atoms with van der Waals surface area (Å²) in [6, 6.07) is 9.50. The average Bonchev–Trinajstić information content (AvgIpc) is 2.98. The number of aldehydes is 1. The highest BCUT2D eigenvalue weighted by Gasteiger charge is 2.61. The average molecular weight is 272 g/mol. The van der Waals surface area contributed by atoms with Gasteiger partial charge in [0.25, 0.3) is 0 Å². The van der Waals surface area contributed by atoms with Gasteiger partial charge in [0, 0.05) is 5.57 Å². The van der Waals surface area contributed by atoms with E-state index in [9.17, 15) is 9.59 Å². The number of hydrogen-bond donors (Lipinski definition) is 0. The zero-order chi connectivity index (χ0) is 14.8. The van der Waals surface area contributed by atoms with Gasteiger partial charge in [0.2, 0.25) is 0 Å². The second-order valence-corrected chi connectivity index (χ2v) is 5.68. The lowest BCUT2D eigenvalue weighted by atomic mass is 10.0. The van der Waals surface area contributed by atoms with Gasteiger partial charge in [-0.3, -0.25) is 9.59 Å². The molecule has 2 rings (SSSR count). The topological polar surface area (TPSA) is 43.4 Å². The van der Waals surface area contributed by atoms with E-state index in [0.29, 0.717) is 12.2 Å². The van der Waals surface area contributed by atoms with Crippen LogP contribution in [-0.2, 0) is 14.3 Å². The predicted octanol–water partition coefficient (Wildman–Crippen LogP) is 3.10. The predicted molar refractivity (Wildman–Crippen MR) is 77.9 cm³/mol. The lowest BCUT2D eigenvalue weighted by molar-refractivity contribution is -0.145. The highest BCUT2D eigenvalue weighted by molar-refractivity contribution is 6.07. The summed E-state index contributed by atoms with van der Waals surface area (Å²) in [5.74, 6) is -0.264. The van der Waals surface area contributed by atoms with E-state index >= 15 is 0 Å². The van der Waals surface area contributed by atoms with Gasteiger partial charge in [-0.05, 0) is 23.8 Å². The molecule has 0 saturated heterocycles. The van der Waals surface area contributed by atoms with Gasteiger partial charge in [0.15, 0.2) is 0 Å². The van der Waals surface area contributed by atoms with Crippen LogP contribution < -0.4 is 0 Å². The van der Waals surface area contributed by atoms with E-state index in [1.807, 2.05) is 50.3 Å². The third kappa shape index (κ3) is 2.67. The van der Waals surface area contributed by atoms with E-state index in [0.717, 1.165) is 11.8 Å². The van der Waals surface area contributed by atoms with Gasteiger partial charge in [-0.2, -0.15) is 0 Å². The number of hydrogen-bond acceptors (Lipinski definition) is 3. The summed E-state index contributed by atoms with van der Waals surface area (Å²) in [5.41, 5.74) is 1.37. The Bertz CT molecular complexity index is 528. The van der Waals surface area contributed by atoms with Crippen LogP contribution in [0, 0.1) is 17.3 Å². The van der Waals surface area contributed by atoms with Crippen molar-refractivity contribution < 1.29 is 14.3 Å². The zero-order valence-corrected chi connectivity index (χ0v) is 12.1. The Kier molecular flexibility index (Phi) is 4.07. The van der Waals surface area contributed by atoms with Gasteiger partial charge in [-0.1, -0.05) is 50.3 Å².